The summed E-state index contributed by atoms with van der Waals surface area (Å²) in [5, 5.41) is 2.85. The Hall–Kier alpha value is -2.18. The van der Waals surface area contributed by atoms with E-state index in [0.717, 1.165) is 24.8 Å². The van der Waals surface area contributed by atoms with Crippen molar-refractivity contribution in [2.24, 2.45) is 0 Å². The van der Waals surface area contributed by atoms with Crippen LogP contribution in [-0.4, -0.2) is 31.7 Å². The highest BCUT2D eigenvalue weighted by atomic mass is 32.2. The van der Waals surface area contributed by atoms with Crippen LogP contribution in [-0.2, 0) is 10.0 Å². The van der Waals surface area contributed by atoms with Crippen LogP contribution in [0.25, 0.3) is 0 Å². The van der Waals surface area contributed by atoms with E-state index >= 15 is 0 Å². The van der Waals surface area contributed by atoms with Gasteiger partial charge in [0.2, 0.25) is 10.0 Å². The summed E-state index contributed by atoms with van der Waals surface area (Å²) >= 11 is 0. The average molecular weight is 387 g/mol. The molecule has 0 unspecified atom stereocenters. The summed E-state index contributed by atoms with van der Waals surface area (Å²) in [6, 6.07) is 14.1. The zero-order chi connectivity index (χ0) is 19.4. The number of hydrogen-bond acceptors (Lipinski definition) is 3. The molecule has 0 spiro atoms. The number of carbonyl (C=O) groups is 1. The minimum Gasteiger partial charge on any atom is -0.322 e. The molecule has 0 bridgehead atoms. The lowest BCUT2D eigenvalue weighted by molar-refractivity contribution is 0.102. The summed E-state index contributed by atoms with van der Waals surface area (Å²) in [5.74, 6) is -0.0688. The maximum atomic E-state index is 13.1. The zero-order valence-electron chi connectivity index (χ0n) is 15.8. The Labute approximate surface area is 161 Å². The summed E-state index contributed by atoms with van der Waals surface area (Å²) < 4.78 is 27.6. The summed E-state index contributed by atoms with van der Waals surface area (Å²) in [7, 11) is -3.68. The Morgan fingerprint density at radius 3 is 2.41 bits per heavy atom. The number of sulfonamides is 1. The highest BCUT2D eigenvalue weighted by Gasteiger charge is 2.29. The standard InChI is InChI=1S/C21H26N2O3S/c1-16(2)17-9-8-10-18(15-17)22-21(24)19-11-4-5-12-20(19)27(25,26)23-13-6-3-7-14-23/h4-5,8-12,15-16H,3,6-7,13-14H2,1-2H3,(H,22,24). The third-order valence-corrected chi connectivity index (χ3v) is 6.83. The number of piperidine rings is 1. The van der Waals surface area contributed by atoms with E-state index in [4.69, 9.17) is 0 Å². The molecule has 1 saturated heterocycles. The maximum Gasteiger partial charge on any atom is 0.257 e. The van der Waals surface area contributed by atoms with Gasteiger partial charge < -0.3 is 5.32 Å². The lowest BCUT2D eigenvalue weighted by atomic mass is 10.0. The molecule has 6 heteroatoms. The van der Waals surface area contributed by atoms with Gasteiger partial charge in [0.25, 0.3) is 5.91 Å². The van der Waals surface area contributed by atoms with Crippen LogP contribution in [0.3, 0.4) is 0 Å². The largest absolute Gasteiger partial charge is 0.322 e. The normalized spacial score (nSPS) is 15.7. The highest BCUT2D eigenvalue weighted by molar-refractivity contribution is 7.89. The van der Waals surface area contributed by atoms with Crippen LogP contribution >= 0.6 is 0 Å². The average Bonchev–Trinajstić information content (AvgIpc) is 2.69. The summed E-state index contributed by atoms with van der Waals surface area (Å²) in [4.78, 5) is 12.9. The second-order valence-electron chi connectivity index (χ2n) is 7.20. The Balaban J connectivity index is 1.89. The quantitative estimate of drug-likeness (QED) is 0.836. The van der Waals surface area contributed by atoms with Crippen molar-refractivity contribution in [2.75, 3.05) is 18.4 Å². The summed E-state index contributed by atoms with van der Waals surface area (Å²) in [5.41, 5.74) is 1.96. The maximum absolute atomic E-state index is 13.1. The van der Waals surface area contributed by atoms with E-state index < -0.39 is 15.9 Å². The predicted molar refractivity (Wildman–Crippen MR) is 108 cm³/mol. The van der Waals surface area contributed by atoms with Crippen LogP contribution in [0, 0.1) is 0 Å². The Kier molecular flexibility index (Phi) is 5.97. The molecule has 1 N–H and O–H groups in total. The molecule has 1 aliphatic heterocycles. The van der Waals surface area contributed by atoms with Crippen molar-refractivity contribution in [1.29, 1.82) is 0 Å². The van der Waals surface area contributed by atoms with Crippen LogP contribution in [0.2, 0.25) is 0 Å². The van der Waals surface area contributed by atoms with E-state index in [-0.39, 0.29) is 10.5 Å². The number of nitrogens with zero attached hydrogens (tertiary/aromatic N) is 1. The molecule has 1 amide bonds. The molecule has 0 aromatic heterocycles. The minimum atomic E-state index is -3.68. The van der Waals surface area contributed by atoms with E-state index in [1.54, 1.807) is 18.2 Å². The van der Waals surface area contributed by atoms with Crippen molar-refractivity contribution in [3.8, 4) is 0 Å². The molecule has 2 aromatic rings. The van der Waals surface area contributed by atoms with Crippen molar-refractivity contribution in [3.63, 3.8) is 0 Å². The first kappa shape index (κ1) is 19.6. The molecule has 1 heterocycles. The van der Waals surface area contributed by atoms with Crippen molar-refractivity contribution in [2.45, 2.75) is 43.9 Å². The molecule has 0 saturated carbocycles. The number of carbonyl (C=O) groups excluding carboxylic acids is 1. The molecule has 3 rings (SSSR count). The van der Waals surface area contributed by atoms with Crippen LogP contribution in [0.5, 0.6) is 0 Å². The van der Waals surface area contributed by atoms with E-state index in [1.807, 2.05) is 24.3 Å². The number of nitrogens with one attached hydrogen (secondary N) is 1. The van der Waals surface area contributed by atoms with Gasteiger partial charge in [0.05, 0.1) is 10.5 Å². The summed E-state index contributed by atoms with van der Waals surface area (Å²) in [6.07, 6.45) is 2.76. The number of anilines is 1. The fourth-order valence-electron chi connectivity index (χ4n) is 3.30. The predicted octanol–water partition coefficient (Wildman–Crippen LogP) is 4.24. The number of rotatable bonds is 5. The van der Waals surface area contributed by atoms with Crippen molar-refractivity contribution in [1.82, 2.24) is 4.31 Å². The molecule has 0 radical (unpaired) electrons. The van der Waals surface area contributed by atoms with Gasteiger partial charge in [-0.25, -0.2) is 8.42 Å². The first-order valence-corrected chi connectivity index (χ1v) is 10.8. The van der Waals surface area contributed by atoms with Crippen LogP contribution in [0.4, 0.5) is 5.69 Å². The van der Waals surface area contributed by atoms with Crippen LogP contribution in [0.1, 0.15) is 54.9 Å². The zero-order valence-corrected chi connectivity index (χ0v) is 16.6. The van der Waals surface area contributed by atoms with Gasteiger partial charge in [-0.3, -0.25) is 4.79 Å². The molecule has 5 nitrogen and oxygen atoms in total. The number of benzene rings is 2. The Bertz CT molecular complexity index is 917. The van der Waals surface area contributed by atoms with Crippen LogP contribution in [0.15, 0.2) is 53.4 Å². The first-order chi connectivity index (χ1) is 12.9. The number of amides is 1. The van der Waals surface area contributed by atoms with E-state index in [1.165, 1.54) is 10.4 Å². The second-order valence-corrected chi connectivity index (χ2v) is 9.10. The fraction of sp³-hybridized carbons (Fsp3) is 0.381. The molecular weight excluding hydrogens is 360 g/mol. The smallest absolute Gasteiger partial charge is 0.257 e. The molecule has 1 aliphatic rings. The molecule has 1 fully saturated rings. The van der Waals surface area contributed by atoms with Gasteiger partial charge in [-0.05, 0) is 48.6 Å². The molecule has 2 aromatic carbocycles. The third-order valence-electron chi connectivity index (χ3n) is 4.88. The third kappa shape index (κ3) is 4.39. The lowest BCUT2D eigenvalue weighted by Crippen LogP contribution is -2.36. The lowest BCUT2D eigenvalue weighted by Gasteiger charge is -2.26. The fourth-order valence-corrected chi connectivity index (χ4v) is 5.00. The van der Waals surface area contributed by atoms with Gasteiger partial charge in [-0.2, -0.15) is 4.31 Å². The van der Waals surface area contributed by atoms with Gasteiger partial charge in [0, 0.05) is 18.8 Å². The minimum absolute atomic E-state index is 0.0735. The van der Waals surface area contributed by atoms with Gasteiger partial charge in [0.1, 0.15) is 0 Å². The molecule has 0 atom stereocenters. The van der Waals surface area contributed by atoms with Gasteiger partial charge in [-0.15, -0.1) is 0 Å². The van der Waals surface area contributed by atoms with E-state index in [2.05, 4.69) is 19.2 Å². The van der Waals surface area contributed by atoms with Crippen LogP contribution < -0.4 is 5.32 Å². The van der Waals surface area contributed by atoms with Crippen molar-refractivity contribution >= 4 is 21.6 Å². The topological polar surface area (TPSA) is 66.5 Å². The molecule has 27 heavy (non-hydrogen) atoms. The Morgan fingerprint density at radius 1 is 1.00 bits per heavy atom. The van der Waals surface area contributed by atoms with Crippen molar-refractivity contribution < 1.29 is 13.2 Å². The van der Waals surface area contributed by atoms with Crippen molar-refractivity contribution in [3.05, 3.63) is 59.7 Å². The SMILES string of the molecule is CC(C)c1cccc(NC(=O)c2ccccc2S(=O)(=O)N2CCCCC2)c1. The number of hydrogen-bond donors (Lipinski definition) is 1. The van der Waals surface area contributed by atoms with Gasteiger partial charge in [0.15, 0.2) is 0 Å². The van der Waals surface area contributed by atoms with Gasteiger partial charge in [-0.1, -0.05) is 44.5 Å². The molecule has 144 valence electrons. The van der Waals surface area contributed by atoms with Gasteiger partial charge >= 0.3 is 0 Å². The second kappa shape index (κ2) is 8.23. The summed E-state index contributed by atoms with van der Waals surface area (Å²) in [6.45, 7) is 5.19. The Morgan fingerprint density at radius 2 is 1.70 bits per heavy atom. The molecular formula is C21H26N2O3S. The highest BCUT2D eigenvalue weighted by Crippen LogP contribution is 2.25. The monoisotopic (exact) mass is 386 g/mol. The van der Waals surface area contributed by atoms with E-state index in [9.17, 15) is 13.2 Å². The first-order valence-electron chi connectivity index (χ1n) is 9.40. The van der Waals surface area contributed by atoms with E-state index in [0.29, 0.717) is 24.7 Å². The molecule has 0 aliphatic carbocycles.